The minimum absolute atomic E-state index is 0.157. The molecule has 22 N–H and O–H groups in total. The van der Waals surface area contributed by atoms with Crippen LogP contribution in [0.2, 0.25) is 0 Å². The predicted octanol–water partition coefficient (Wildman–Crippen LogP) is -8.07. The van der Waals surface area contributed by atoms with Crippen LogP contribution in [0, 0.1) is 5.41 Å². The first-order valence-corrected chi connectivity index (χ1v) is 18.0. The van der Waals surface area contributed by atoms with Crippen LogP contribution < -0.4 is 81.8 Å². The van der Waals surface area contributed by atoms with E-state index in [9.17, 15) is 43.5 Å². The van der Waals surface area contributed by atoms with E-state index >= 15 is 0 Å². The number of aliphatic hydroxyl groups is 1. The van der Waals surface area contributed by atoms with Crippen LogP contribution in [0.15, 0.2) is 11.9 Å². The van der Waals surface area contributed by atoms with Gasteiger partial charge in [-0.15, -0.1) is 0 Å². The zero-order valence-corrected chi connectivity index (χ0v) is 31.1. The Hall–Kier alpha value is -5.63. The van der Waals surface area contributed by atoms with Crippen molar-refractivity contribution in [2.75, 3.05) is 26.2 Å². The number of urea groups is 1. The molecule has 25 heteroatoms. The average molecular weight is 797 g/mol. The Kier molecular flexibility index (Phi) is 19.4. The molecule has 0 aromatic heterocycles. The van der Waals surface area contributed by atoms with Crippen LogP contribution in [0.4, 0.5) is 4.79 Å². The van der Waals surface area contributed by atoms with E-state index in [-0.39, 0.29) is 19.3 Å². The molecule has 9 amide bonds. The number of amides is 9. The molecule has 0 radical (unpaired) electrons. The highest BCUT2D eigenvalue weighted by atomic mass is 16.3. The smallest absolute Gasteiger partial charge is 0.316 e. The average Bonchev–Trinajstić information content (AvgIpc) is 3.12. The molecule has 2 aliphatic rings. The fourth-order valence-electron chi connectivity index (χ4n) is 5.45. The van der Waals surface area contributed by atoms with Gasteiger partial charge in [0.1, 0.15) is 36.1 Å². The van der Waals surface area contributed by atoms with Gasteiger partial charge in [0.15, 0.2) is 5.96 Å². The van der Waals surface area contributed by atoms with Crippen LogP contribution in [0.1, 0.15) is 51.9 Å². The van der Waals surface area contributed by atoms with Crippen LogP contribution in [-0.4, -0.2) is 133 Å². The standard InChI is InChI=1S/C31H56N16O9/c1-14-25(51)43-19(11-38-21(48)8-15(34)4-2-6-32)27(53)44-20(13-40-31(37)56)28(54)47-24(17-10-23(50)46-30(36)45-17)29(55)39-12-18(26(52)41-14)42-22(49)9-16(35)5-3-7-33/h13-19,23-24,50H,2-12,32-35H2,1H3,(H,38,48)(H,39,55)(H,41,52)(H,42,49)(H,43,51)(H,44,53)(H,47,54)(H3,36,45,46)(H3,37,40,56)/b20-13-/t14-,15-,16-,17?,18-,19-,23+,24-/m0/s1. The van der Waals surface area contributed by atoms with E-state index in [2.05, 4.69) is 47.9 Å². The van der Waals surface area contributed by atoms with Crippen LogP contribution >= 0.6 is 0 Å². The van der Waals surface area contributed by atoms with Crippen molar-refractivity contribution >= 4 is 53.3 Å². The molecule has 0 bridgehead atoms. The normalized spacial score (nSPS) is 25.8. The predicted molar refractivity (Wildman–Crippen MR) is 199 cm³/mol. The quantitative estimate of drug-likeness (QED) is 0.0685. The van der Waals surface area contributed by atoms with Gasteiger partial charge in [0.05, 0.1) is 6.04 Å². The lowest BCUT2D eigenvalue weighted by Crippen LogP contribution is -2.66. The highest BCUT2D eigenvalue weighted by molar-refractivity contribution is 6.02. The minimum Gasteiger partial charge on any atom is -0.374 e. The lowest BCUT2D eigenvalue weighted by molar-refractivity contribution is -0.134. The van der Waals surface area contributed by atoms with E-state index < -0.39 is 121 Å². The zero-order chi connectivity index (χ0) is 41.9. The zero-order valence-electron chi connectivity index (χ0n) is 31.1. The number of nitrogens with two attached hydrogens (primary N) is 5. The lowest BCUT2D eigenvalue weighted by Gasteiger charge is -2.35. The number of carbonyl (C=O) groups is 8. The summed E-state index contributed by atoms with van der Waals surface area (Å²) in [5.74, 6) is -6.86. The number of rotatable bonds is 15. The second-order valence-corrected chi connectivity index (χ2v) is 13.3. The maximum Gasteiger partial charge on any atom is 0.316 e. The van der Waals surface area contributed by atoms with Crippen LogP contribution in [0.25, 0.3) is 0 Å². The third-order valence-electron chi connectivity index (χ3n) is 8.42. The van der Waals surface area contributed by atoms with Gasteiger partial charge in [0.25, 0.3) is 5.91 Å². The molecule has 2 fully saturated rings. The van der Waals surface area contributed by atoms with Crippen molar-refractivity contribution in [2.45, 2.75) is 100 Å². The Bertz CT molecular complexity index is 1480. The molecular formula is C31H56N16O9. The first-order chi connectivity index (χ1) is 26.4. The molecule has 1 unspecified atom stereocenters. The second kappa shape index (κ2) is 23.3. The molecule has 0 aromatic rings. The number of nitrogens with one attached hydrogen (secondary N) is 11. The molecule has 314 valence electrons. The maximum atomic E-state index is 13.8. The van der Waals surface area contributed by atoms with E-state index in [0.717, 1.165) is 0 Å². The van der Waals surface area contributed by atoms with Gasteiger partial charge in [-0.2, -0.15) is 0 Å². The SMILES string of the molecule is C[C@@H]1NC(=O)[C@@H](NC(=O)C[C@@H](N)CCCN)CNC(=O)[C@H](C2C[C@@H](O)NC(=N)N2)NC(=O)/C(=C/NC(N)=O)NC(=O)[C@H](CNC(=O)C[C@@H](N)CCCN)NC1=O. The maximum absolute atomic E-state index is 13.8. The summed E-state index contributed by atoms with van der Waals surface area (Å²) < 4.78 is 0. The summed E-state index contributed by atoms with van der Waals surface area (Å²) in [6.45, 7) is 0.810. The molecular weight excluding hydrogens is 740 g/mol. The number of carbonyl (C=O) groups excluding carboxylic acids is 8. The van der Waals surface area contributed by atoms with E-state index in [1.54, 1.807) is 0 Å². The number of aliphatic hydroxyl groups excluding tert-OH is 1. The molecule has 0 saturated carbocycles. The molecule has 2 saturated heterocycles. The molecule has 2 heterocycles. The summed E-state index contributed by atoms with van der Waals surface area (Å²) >= 11 is 0. The van der Waals surface area contributed by atoms with Crippen molar-refractivity contribution < 1.29 is 43.5 Å². The van der Waals surface area contributed by atoms with Crippen LogP contribution in [0.3, 0.4) is 0 Å². The summed E-state index contributed by atoms with van der Waals surface area (Å²) in [6.07, 6.45) is 0.663. The molecule has 25 nitrogen and oxygen atoms in total. The van der Waals surface area contributed by atoms with Gasteiger partial charge in [-0.05, 0) is 45.7 Å². The highest BCUT2D eigenvalue weighted by Crippen LogP contribution is 2.09. The minimum atomic E-state index is -1.65. The van der Waals surface area contributed by atoms with E-state index in [0.29, 0.717) is 45.0 Å². The Balaban J connectivity index is 2.54. The van der Waals surface area contributed by atoms with E-state index in [1.807, 2.05) is 5.32 Å². The van der Waals surface area contributed by atoms with Gasteiger partial charge in [0, 0.05) is 50.6 Å². The Morgan fingerprint density at radius 2 is 1.50 bits per heavy atom. The van der Waals surface area contributed by atoms with Crippen molar-refractivity contribution in [3.63, 3.8) is 0 Å². The number of hydrogen-bond acceptors (Lipinski definition) is 14. The van der Waals surface area contributed by atoms with Crippen molar-refractivity contribution in [1.82, 2.24) is 53.2 Å². The summed E-state index contributed by atoms with van der Waals surface area (Å²) in [4.78, 5) is 105. The molecule has 0 aliphatic carbocycles. The van der Waals surface area contributed by atoms with Gasteiger partial charge in [0.2, 0.25) is 35.4 Å². The molecule has 2 aliphatic heterocycles. The highest BCUT2D eigenvalue weighted by Gasteiger charge is 2.37. The Morgan fingerprint density at radius 3 is 2.09 bits per heavy atom. The topological polar surface area (TPSA) is 431 Å². The molecule has 0 aromatic carbocycles. The monoisotopic (exact) mass is 796 g/mol. The van der Waals surface area contributed by atoms with Crippen molar-refractivity contribution in [2.24, 2.45) is 28.7 Å². The third kappa shape index (κ3) is 16.4. The summed E-state index contributed by atoms with van der Waals surface area (Å²) in [7, 11) is 0. The van der Waals surface area contributed by atoms with E-state index in [1.165, 1.54) is 6.92 Å². The van der Waals surface area contributed by atoms with Gasteiger partial charge < -0.3 is 86.9 Å². The van der Waals surface area contributed by atoms with Crippen molar-refractivity contribution in [1.29, 1.82) is 5.41 Å². The molecule has 0 spiro atoms. The van der Waals surface area contributed by atoms with Gasteiger partial charge in [-0.25, -0.2) is 4.79 Å². The van der Waals surface area contributed by atoms with Gasteiger partial charge in [-0.3, -0.25) is 39.0 Å². The summed E-state index contributed by atoms with van der Waals surface area (Å²) in [5.41, 5.74) is 27.5. The Morgan fingerprint density at radius 1 is 0.875 bits per heavy atom. The lowest BCUT2D eigenvalue weighted by atomic mass is 10.0. The molecule has 56 heavy (non-hydrogen) atoms. The van der Waals surface area contributed by atoms with Gasteiger partial charge >= 0.3 is 6.03 Å². The van der Waals surface area contributed by atoms with Gasteiger partial charge in [-0.1, -0.05) is 0 Å². The Labute approximate surface area is 322 Å². The van der Waals surface area contributed by atoms with Crippen molar-refractivity contribution in [3.05, 3.63) is 11.9 Å². The fourth-order valence-corrected chi connectivity index (χ4v) is 5.45. The number of guanidine groups is 1. The fraction of sp³-hybridized carbons (Fsp3) is 0.645. The number of primary amides is 1. The second-order valence-electron chi connectivity index (χ2n) is 13.3. The molecule has 2 rings (SSSR count). The summed E-state index contributed by atoms with van der Waals surface area (Å²) in [6, 6.07) is -9.69. The number of hydrogen-bond donors (Lipinski definition) is 17. The van der Waals surface area contributed by atoms with Crippen LogP contribution in [0.5, 0.6) is 0 Å². The van der Waals surface area contributed by atoms with E-state index in [4.69, 9.17) is 34.1 Å². The van der Waals surface area contributed by atoms with Crippen molar-refractivity contribution in [3.8, 4) is 0 Å². The largest absolute Gasteiger partial charge is 0.374 e. The third-order valence-corrected chi connectivity index (χ3v) is 8.42. The molecule has 8 atom stereocenters. The first-order valence-electron chi connectivity index (χ1n) is 18.0. The van der Waals surface area contributed by atoms with Crippen LogP contribution in [-0.2, 0) is 33.6 Å². The first kappa shape index (κ1) is 46.5. The summed E-state index contributed by atoms with van der Waals surface area (Å²) in [5, 5.41) is 42.1.